The zero-order valence-electron chi connectivity index (χ0n) is 11.4. The number of carbonyl (C=O) groups excluding carboxylic acids is 1. The van der Waals surface area contributed by atoms with Crippen LogP contribution in [0.4, 0.5) is 0 Å². The predicted octanol–water partition coefficient (Wildman–Crippen LogP) is 1.11. The van der Waals surface area contributed by atoms with Gasteiger partial charge in [0.1, 0.15) is 0 Å². The lowest BCUT2D eigenvalue weighted by Crippen LogP contribution is -2.40. The Kier molecular flexibility index (Phi) is 7.34. The van der Waals surface area contributed by atoms with Gasteiger partial charge in [-0.15, -0.1) is 0 Å². The number of ether oxygens (including phenoxy) is 1. The van der Waals surface area contributed by atoms with Gasteiger partial charge in [-0.3, -0.25) is 4.79 Å². The SMILES string of the molecule is COC(=O)C(C)CC(C)NCC(C)N(C)C. The number of likely N-dealkylation sites (N-methyl/N-ethyl adjacent to an activating group) is 1. The molecule has 16 heavy (non-hydrogen) atoms. The van der Waals surface area contributed by atoms with E-state index in [4.69, 9.17) is 4.74 Å². The summed E-state index contributed by atoms with van der Waals surface area (Å²) >= 11 is 0. The molecule has 96 valence electrons. The van der Waals surface area contributed by atoms with E-state index < -0.39 is 0 Å². The van der Waals surface area contributed by atoms with Crippen LogP contribution in [0.25, 0.3) is 0 Å². The minimum Gasteiger partial charge on any atom is -0.469 e. The maximum Gasteiger partial charge on any atom is 0.308 e. The topological polar surface area (TPSA) is 41.6 Å². The fraction of sp³-hybridized carbons (Fsp3) is 0.917. The summed E-state index contributed by atoms with van der Waals surface area (Å²) in [4.78, 5) is 13.4. The largest absolute Gasteiger partial charge is 0.469 e. The molecular formula is C12H26N2O2. The Hall–Kier alpha value is -0.610. The van der Waals surface area contributed by atoms with Crippen molar-refractivity contribution in [1.82, 2.24) is 10.2 Å². The van der Waals surface area contributed by atoms with Gasteiger partial charge in [-0.2, -0.15) is 0 Å². The van der Waals surface area contributed by atoms with Gasteiger partial charge in [0, 0.05) is 18.6 Å². The zero-order valence-corrected chi connectivity index (χ0v) is 11.4. The van der Waals surface area contributed by atoms with Crippen LogP contribution in [-0.2, 0) is 9.53 Å². The predicted molar refractivity (Wildman–Crippen MR) is 66.4 cm³/mol. The monoisotopic (exact) mass is 230 g/mol. The summed E-state index contributed by atoms with van der Waals surface area (Å²) in [5.74, 6) is -0.170. The first kappa shape index (κ1) is 15.4. The molecule has 3 unspecified atom stereocenters. The summed E-state index contributed by atoms with van der Waals surface area (Å²) in [5, 5.41) is 3.42. The molecule has 0 heterocycles. The fourth-order valence-corrected chi connectivity index (χ4v) is 1.47. The van der Waals surface area contributed by atoms with Crippen molar-refractivity contribution >= 4 is 5.97 Å². The number of esters is 1. The first-order valence-electron chi connectivity index (χ1n) is 5.86. The Morgan fingerprint density at radius 1 is 1.31 bits per heavy atom. The van der Waals surface area contributed by atoms with Crippen LogP contribution >= 0.6 is 0 Å². The van der Waals surface area contributed by atoms with Gasteiger partial charge >= 0.3 is 5.97 Å². The van der Waals surface area contributed by atoms with Crippen LogP contribution in [0.5, 0.6) is 0 Å². The average Bonchev–Trinajstić information content (AvgIpc) is 2.24. The summed E-state index contributed by atoms with van der Waals surface area (Å²) in [7, 11) is 5.56. The fourth-order valence-electron chi connectivity index (χ4n) is 1.47. The molecular weight excluding hydrogens is 204 g/mol. The summed E-state index contributed by atoms with van der Waals surface area (Å²) < 4.78 is 4.70. The van der Waals surface area contributed by atoms with Crippen LogP contribution < -0.4 is 5.32 Å². The molecule has 0 aromatic carbocycles. The minimum absolute atomic E-state index is 0.0397. The van der Waals surface area contributed by atoms with Crippen molar-refractivity contribution in [3.05, 3.63) is 0 Å². The van der Waals surface area contributed by atoms with E-state index in [0.29, 0.717) is 12.1 Å². The van der Waals surface area contributed by atoms with Crippen LogP contribution in [-0.4, -0.2) is 50.7 Å². The highest BCUT2D eigenvalue weighted by molar-refractivity contribution is 5.71. The second kappa shape index (κ2) is 7.63. The Balaban J connectivity index is 3.82. The molecule has 0 amide bonds. The highest BCUT2D eigenvalue weighted by atomic mass is 16.5. The summed E-state index contributed by atoms with van der Waals surface area (Å²) in [6.45, 7) is 7.10. The summed E-state index contributed by atoms with van der Waals surface area (Å²) in [5.41, 5.74) is 0. The maximum atomic E-state index is 11.2. The van der Waals surface area contributed by atoms with Crippen molar-refractivity contribution in [2.75, 3.05) is 27.7 Å². The number of hydrogen-bond donors (Lipinski definition) is 1. The van der Waals surface area contributed by atoms with Gasteiger partial charge in [0.15, 0.2) is 0 Å². The summed E-state index contributed by atoms with van der Waals surface area (Å²) in [6.07, 6.45) is 0.812. The van der Waals surface area contributed by atoms with Crippen LogP contribution in [0.3, 0.4) is 0 Å². The van der Waals surface area contributed by atoms with Crippen molar-refractivity contribution in [2.45, 2.75) is 39.3 Å². The number of methoxy groups -OCH3 is 1. The summed E-state index contributed by atoms with van der Waals surface area (Å²) in [6, 6.07) is 0.826. The molecule has 0 aliphatic heterocycles. The zero-order chi connectivity index (χ0) is 12.7. The van der Waals surface area contributed by atoms with Gasteiger partial charge in [0.25, 0.3) is 0 Å². The van der Waals surface area contributed by atoms with Gasteiger partial charge in [-0.05, 0) is 34.4 Å². The van der Waals surface area contributed by atoms with Gasteiger partial charge in [0.05, 0.1) is 13.0 Å². The Morgan fingerprint density at radius 3 is 2.31 bits per heavy atom. The molecule has 0 spiro atoms. The maximum absolute atomic E-state index is 11.2. The van der Waals surface area contributed by atoms with Crippen molar-refractivity contribution < 1.29 is 9.53 Å². The normalized spacial score (nSPS) is 16.9. The van der Waals surface area contributed by atoms with Crippen molar-refractivity contribution in [3.63, 3.8) is 0 Å². The Morgan fingerprint density at radius 2 is 1.88 bits per heavy atom. The lowest BCUT2D eigenvalue weighted by molar-refractivity contribution is -0.145. The van der Waals surface area contributed by atoms with E-state index in [1.54, 1.807) is 0 Å². The molecule has 0 saturated carbocycles. The van der Waals surface area contributed by atoms with E-state index in [0.717, 1.165) is 13.0 Å². The second-order valence-corrected chi connectivity index (χ2v) is 4.78. The van der Waals surface area contributed by atoms with E-state index in [-0.39, 0.29) is 11.9 Å². The minimum atomic E-state index is -0.130. The van der Waals surface area contributed by atoms with Crippen LogP contribution in [0.1, 0.15) is 27.2 Å². The molecule has 0 aliphatic carbocycles. The highest BCUT2D eigenvalue weighted by Crippen LogP contribution is 2.07. The Labute approximate surface area is 99.3 Å². The molecule has 4 heteroatoms. The van der Waals surface area contributed by atoms with Crippen LogP contribution in [0.15, 0.2) is 0 Å². The molecule has 0 radical (unpaired) electrons. The number of rotatable bonds is 7. The molecule has 0 rings (SSSR count). The molecule has 0 aliphatic rings. The third kappa shape index (κ3) is 6.08. The van der Waals surface area contributed by atoms with Crippen molar-refractivity contribution in [2.24, 2.45) is 5.92 Å². The lowest BCUT2D eigenvalue weighted by atomic mass is 10.0. The molecule has 1 N–H and O–H groups in total. The van der Waals surface area contributed by atoms with Gasteiger partial charge < -0.3 is 15.0 Å². The van der Waals surface area contributed by atoms with E-state index in [9.17, 15) is 4.79 Å². The van der Waals surface area contributed by atoms with Gasteiger partial charge in [-0.25, -0.2) is 0 Å². The van der Waals surface area contributed by atoms with Crippen LogP contribution in [0.2, 0.25) is 0 Å². The molecule has 0 fully saturated rings. The molecule has 0 aromatic rings. The first-order chi connectivity index (χ1) is 7.38. The Bertz CT molecular complexity index is 207. The second-order valence-electron chi connectivity index (χ2n) is 4.78. The van der Waals surface area contributed by atoms with Gasteiger partial charge in [-0.1, -0.05) is 6.92 Å². The quantitative estimate of drug-likeness (QED) is 0.665. The first-order valence-corrected chi connectivity index (χ1v) is 5.86. The third-order valence-corrected chi connectivity index (χ3v) is 2.95. The van der Waals surface area contributed by atoms with Gasteiger partial charge in [0.2, 0.25) is 0 Å². The molecule has 0 bridgehead atoms. The number of carbonyl (C=O) groups is 1. The number of nitrogens with zero attached hydrogens (tertiary/aromatic N) is 1. The standard InChI is InChI=1S/C12H26N2O2/c1-9(12(15)16-6)7-10(2)13-8-11(3)14(4)5/h9-11,13H,7-8H2,1-6H3. The van der Waals surface area contributed by atoms with E-state index >= 15 is 0 Å². The molecule has 3 atom stereocenters. The number of hydrogen-bond acceptors (Lipinski definition) is 4. The smallest absolute Gasteiger partial charge is 0.308 e. The van der Waals surface area contributed by atoms with Crippen molar-refractivity contribution in [3.8, 4) is 0 Å². The molecule has 0 aromatic heterocycles. The van der Waals surface area contributed by atoms with Crippen LogP contribution in [0, 0.1) is 5.92 Å². The molecule has 0 saturated heterocycles. The highest BCUT2D eigenvalue weighted by Gasteiger charge is 2.16. The third-order valence-electron chi connectivity index (χ3n) is 2.95. The van der Waals surface area contributed by atoms with E-state index in [1.165, 1.54) is 7.11 Å². The van der Waals surface area contributed by atoms with E-state index in [2.05, 4.69) is 38.2 Å². The average molecular weight is 230 g/mol. The molecule has 4 nitrogen and oxygen atoms in total. The van der Waals surface area contributed by atoms with Crippen molar-refractivity contribution in [1.29, 1.82) is 0 Å². The number of nitrogens with one attached hydrogen (secondary N) is 1. The van der Waals surface area contributed by atoms with E-state index in [1.807, 2.05) is 6.92 Å². The lowest BCUT2D eigenvalue weighted by Gasteiger charge is -2.23.